The molecule has 8 heteroatoms. The van der Waals surface area contributed by atoms with Gasteiger partial charge in [-0.15, -0.1) is 10.2 Å². The molecule has 1 amide bonds. The van der Waals surface area contributed by atoms with Crippen LogP contribution in [0, 0.1) is 27.7 Å². The van der Waals surface area contributed by atoms with Gasteiger partial charge >= 0.3 is 0 Å². The topological polar surface area (TPSA) is 85.8 Å². The first-order chi connectivity index (χ1) is 14.9. The summed E-state index contributed by atoms with van der Waals surface area (Å²) in [6.07, 6.45) is 1.38. The van der Waals surface area contributed by atoms with Crippen LogP contribution in [-0.2, 0) is 5.75 Å². The summed E-state index contributed by atoms with van der Waals surface area (Å²) in [6.45, 7) is 8.00. The molecule has 1 N–H and O–H groups in total. The van der Waals surface area contributed by atoms with Gasteiger partial charge in [0.15, 0.2) is 10.9 Å². The molecule has 0 aliphatic heterocycles. The van der Waals surface area contributed by atoms with Gasteiger partial charge in [0.25, 0.3) is 5.91 Å². The van der Waals surface area contributed by atoms with Gasteiger partial charge in [-0.1, -0.05) is 30.0 Å². The molecule has 0 radical (unpaired) electrons. The molecular weight excluding hydrogens is 410 g/mol. The molecule has 4 aromatic rings. The summed E-state index contributed by atoms with van der Waals surface area (Å²) < 4.78 is 7.50. The van der Waals surface area contributed by atoms with Crippen LogP contribution in [0.15, 0.2) is 58.3 Å². The first kappa shape index (κ1) is 20.9. The number of rotatable bonds is 6. The lowest BCUT2D eigenvalue weighted by molar-refractivity contribution is 0.102. The molecule has 0 saturated carbocycles. The van der Waals surface area contributed by atoms with E-state index in [1.54, 1.807) is 0 Å². The third-order valence-corrected chi connectivity index (χ3v) is 5.84. The SMILES string of the molecule is Cc1cccc(-n2c(C)nnc2SCc2nc(C(=O)Nc3ccc(C)c(C)c3)co2)c1. The van der Waals surface area contributed by atoms with Gasteiger partial charge in [0.2, 0.25) is 5.89 Å². The summed E-state index contributed by atoms with van der Waals surface area (Å²) >= 11 is 1.46. The van der Waals surface area contributed by atoms with Crippen molar-refractivity contribution >= 4 is 23.4 Å². The highest BCUT2D eigenvalue weighted by Gasteiger charge is 2.16. The number of carbonyl (C=O) groups excluding carboxylic acids is 1. The third kappa shape index (κ3) is 4.69. The van der Waals surface area contributed by atoms with Crippen LogP contribution >= 0.6 is 11.8 Å². The molecule has 31 heavy (non-hydrogen) atoms. The van der Waals surface area contributed by atoms with Gasteiger partial charge in [0.05, 0.1) is 5.75 Å². The monoisotopic (exact) mass is 433 g/mol. The van der Waals surface area contributed by atoms with Crippen molar-refractivity contribution in [3.05, 3.63) is 82.8 Å². The standard InChI is InChI=1S/C23H23N5O2S/c1-14-6-5-7-19(10-14)28-17(4)26-27-23(28)31-13-21-25-20(12-30-21)22(29)24-18-9-8-15(2)16(3)11-18/h5-12H,13H2,1-4H3,(H,24,29). The predicted octanol–water partition coefficient (Wildman–Crippen LogP) is 5.03. The van der Waals surface area contributed by atoms with Crippen LogP contribution in [0.25, 0.3) is 5.69 Å². The second-order valence-corrected chi connectivity index (χ2v) is 8.32. The van der Waals surface area contributed by atoms with E-state index in [2.05, 4.69) is 26.6 Å². The van der Waals surface area contributed by atoms with Crippen LogP contribution in [-0.4, -0.2) is 25.7 Å². The van der Waals surface area contributed by atoms with Crippen LogP contribution in [0.2, 0.25) is 0 Å². The number of nitrogens with one attached hydrogen (secondary N) is 1. The minimum Gasteiger partial charge on any atom is -0.447 e. The van der Waals surface area contributed by atoms with Crippen molar-refractivity contribution < 1.29 is 9.21 Å². The van der Waals surface area contributed by atoms with Crippen molar-refractivity contribution in [3.8, 4) is 5.69 Å². The van der Waals surface area contributed by atoms with E-state index >= 15 is 0 Å². The molecule has 158 valence electrons. The molecule has 2 heterocycles. The molecule has 7 nitrogen and oxygen atoms in total. The van der Waals surface area contributed by atoms with Crippen LogP contribution in [0.1, 0.15) is 38.9 Å². The van der Waals surface area contributed by atoms with Gasteiger partial charge in [-0.2, -0.15) is 0 Å². The Balaban J connectivity index is 1.44. The molecule has 0 aliphatic carbocycles. The molecule has 0 fully saturated rings. The Kier molecular flexibility index (Phi) is 5.90. The molecule has 4 rings (SSSR count). The summed E-state index contributed by atoms with van der Waals surface area (Å²) in [7, 11) is 0. The molecule has 0 saturated heterocycles. The zero-order valence-corrected chi connectivity index (χ0v) is 18.7. The van der Waals surface area contributed by atoms with Gasteiger partial charge in [-0.25, -0.2) is 4.98 Å². The van der Waals surface area contributed by atoms with Crippen molar-refractivity contribution in [3.63, 3.8) is 0 Å². The number of hydrogen-bond acceptors (Lipinski definition) is 6. The number of oxazole rings is 1. The van der Waals surface area contributed by atoms with E-state index in [0.29, 0.717) is 11.6 Å². The molecule has 0 aliphatic rings. The van der Waals surface area contributed by atoms with E-state index in [-0.39, 0.29) is 11.6 Å². The lowest BCUT2D eigenvalue weighted by Crippen LogP contribution is -2.12. The maximum atomic E-state index is 12.5. The normalized spacial score (nSPS) is 11.0. The second kappa shape index (κ2) is 8.77. The Morgan fingerprint density at radius 3 is 2.68 bits per heavy atom. The van der Waals surface area contributed by atoms with Crippen molar-refractivity contribution in [1.82, 2.24) is 19.7 Å². The molecule has 0 unspecified atom stereocenters. The minimum atomic E-state index is -0.304. The van der Waals surface area contributed by atoms with Crippen molar-refractivity contribution in [2.45, 2.75) is 38.6 Å². The number of benzene rings is 2. The maximum absolute atomic E-state index is 12.5. The Hall–Kier alpha value is -3.39. The highest BCUT2D eigenvalue weighted by atomic mass is 32.2. The lowest BCUT2D eigenvalue weighted by atomic mass is 10.1. The van der Waals surface area contributed by atoms with Gasteiger partial charge in [0, 0.05) is 11.4 Å². The number of thioether (sulfide) groups is 1. The third-order valence-electron chi connectivity index (χ3n) is 4.93. The smallest absolute Gasteiger partial charge is 0.277 e. The van der Waals surface area contributed by atoms with Crippen molar-refractivity contribution in [2.75, 3.05) is 5.32 Å². The first-order valence-electron chi connectivity index (χ1n) is 9.85. The van der Waals surface area contributed by atoms with E-state index in [9.17, 15) is 4.79 Å². The summed E-state index contributed by atoms with van der Waals surface area (Å²) in [6, 6.07) is 13.9. The van der Waals surface area contributed by atoms with Gasteiger partial charge < -0.3 is 9.73 Å². The quantitative estimate of drug-likeness (QED) is 0.429. The zero-order chi connectivity index (χ0) is 22.0. The van der Waals surface area contributed by atoms with Gasteiger partial charge in [-0.05, 0) is 68.7 Å². The van der Waals surface area contributed by atoms with Gasteiger partial charge in [-0.3, -0.25) is 9.36 Å². The van der Waals surface area contributed by atoms with Crippen LogP contribution in [0.4, 0.5) is 5.69 Å². The summed E-state index contributed by atoms with van der Waals surface area (Å²) in [5.41, 5.74) is 5.43. The Morgan fingerprint density at radius 2 is 1.90 bits per heavy atom. The highest BCUT2D eigenvalue weighted by molar-refractivity contribution is 7.98. The fourth-order valence-corrected chi connectivity index (χ4v) is 3.97. The summed E-state index contributed by atoms with van der Waals surface area (Å²) in [5, 5.41) is 12.1. The fourth-order valence-electron chi connectivity index (χ4n) is 3.12. The number of aromatic nitrogens is 4. The van der Waals surface area contributed by atoms with Crippen LogP contribution < -0.4 is 5.32 Å². The van der Waals surface area contributed by atoms with E-state index < -0.39 is 0 Å². The van der Waals surface area contributed by atoms with Crippen LogP contribution in [0.5, 0.6) is 0 Å². The number of aryl methyl sites for hydroxylation is 4. The predicted molar refractivity (Wildman–Crippen MR) is 121 cm³/mol. The zero-order valence-electron chi connectivity index (χ0n) is 17.8. The number of nitrogens with zero attached hydrogens (tertiary/aromatic N) is 4. The van der Waals surface area contributed by atoms with Crippen molar-refractivity contribution in [1.29, 1.82) is 0 Å². The molecule has 2 aromatic heterocycles. The second-order valence-electron chi connectivity index (χ2n) is 7.37. The first-order valence-corrected chi connectivity index (χ1v) is 10.8. The largest absolute Gasteiger partial charge is 0.447 e. The van der Waals surface area contributed by atoms with E-state index in [4.69, 9.17) is 4.42 Å². The van der Waals surface area contributed by atoms with Gasteiger partial charge in [0.1, 0.15) is 12.1 Å². The lowest BCUT2D eigenvalue weighted by Gasteiger charge is -2.08. The van der Waals surface area contributed by atoms with Crippen molar-refractivity contribution in [2.24, 2.45) is 0 Å². The minimum absolute atomic E-state index is 0.241. The summed E-state index contributed by atoms with van der Waals surface area (Å²) in [4.78, 5) is 16.8. The molecule has 2 aromatic carbocycles. The van der Waals surface area contributed by atoms with E-state index in [0.717, 1.165) is 33.5 Å². The molecular formula is C23H23N5O2S. The molecule has 0 bridgehead atoms. The fraction of sp³-hybridized carbons (Fsp3) is 0.217. The Labute approximate surface area is 184 Å². The number of carbonyl (C=O) groups is 1. The van der Waals surface area contributed by atoms with E-state index in [1.807, 2.05) is 68.7 Å². The average molecular weight is 434 g/mol. The Morgan fingerprint density at radius 1 is 1.06 bits per heavy atom. The van der Waals surface area contributed by atoms with E-state index in [1.165, 1.54) is 23.6 Å². The molecule has 0 atom stereocenters. The average Bonchev–Trinajstić information content (AvgIpc) is 3.36. The number of amides is 1. The Bertz CT molecular complexity index is 1240. The number of hydrogen-bond donors (Lipinski definition) is 1. The van der Waals surface area contributed by atoms with Crippen LogP contribution in [0.3, 0.4) is 0 Å². The highest BCUT2D eigenvalue weighted by Crippen LogP contribution is 2.25. The number of anilines is 1. The summed E-state index contributed by atoms with van der Waals surface area (Å²) in [5.74, 6) is 1.38. The maximum Gasteiger partial charge on any atom is 0.277 e. The molecule has 0 spiro atoms.